The zero-order valence-corrected chi connectivity index (χ0v) is 12.7. The van der Waals surface area contributed by atoms with Crippen LogP contribution in [0.15, 0.2) is 22.7 Å². The molecule has 1 atom stereocenters. The van der Waals surface area contributed by atoms with Crippen LogP contribution in [0.5, 0.6) is 0 Å². The average Bonchev–Trinajstić information content (AvgIpc) is 2.34. The molecule has 5 heteroatoms. The highest BCUT2D eigenvalue weighted by Gasteiger charge is 2.17. The van der Waals surface area contributed by atoms with Crippen molar-refractivity contribution in [2.45, 2.75) is 25.8 Å². The van der Waals surface area contributed by atoms with E-state index >= 15 is 0 Å². The first kappa shape index (κ1) is 15.5. The Balaban J connectivity index is 0.00000162. The van der Waals surface area contributed by atoms with Crippen LogP contribution in [0.1, 0.15) is 28.8 Å². The molecular formula is C13H18BrClN2O. The van der Waals surface area contributed by atoms with E-state index in [0.29, 0.717) is 0 Å². The van der Waals surface area contributed by atoms with Gasteiger partial charge in [0, 0.05) is 22.6 Å². The highest BCUT2D eigenvalue weighted by Crippen LogP contribution is 2.19. The molecule has 0 unspecified atom stereocenters. The van der Waals surface area contributed by atoms with Gasteiger partial charge in [0.25, 0.3) is 5.91 Å². The van der Waals surface area contributed by atoms with E-state index in [1.165, 1.54) is 0 Å². The van der Waals surface area contributed by atoms with E-state index in [9.17, 15) is 4.79 Å². The smallest absolute Gasteiger partial charge is 0.251 e. The lowest BCUT2D eigenvalue weighted by molar-refractivity contribution is 0.0930. The number of hydrogen-bond donors (Lipinski definition) is 2. The molecule has 0 saturated carbocycles. The minimum atomic E-state index is 0. The summed E-state index contributed by atoms with van der Waals surface area (Å²) < 4.78 is 0.979. The predicted octanol–water partition coefficient (Wildman–Crippen LogP) is 2.66. The molecule has 1 aromatic rings. The summed E-state index contributed by atoms with van der Waals surface area (Å²) in [6.45, 7) is 3.89. The quantitative estimate of drug-likeness (QED) is 0.873. The number of benzene rings is 1. The first-order chi connectivity index (χ1) is 8.18. The predicted molar refractivity (Wildman–Crippen MR) is 79.5 cm³/mol. The number of piperidine rings is 1. The molecule has 3 nitrogen and oxygen atoms in total. The number of halogens is 2. The molecule has 0 aromatic heterocycles. The van der Waals surface area contributed by atoms with Crippen molar-refractivity contribution in [3.63, 3.8) is 0 Å². The Morgan fingerprint density at radius 3 is 2.94 bits per heavy atom. The summed E-state index contributed by atoms with van der Waals surface area (Å²) >= 11 is 3.45. The van der Waals surface area contributed by atoms with Crippen LogP contribution in [0.2, 0.25) is 0 Å². The molecule has 1 amide bonds. The van der Waals surface area contributed by atoms with Crippen molar-refractivity contribution in [3.8, 4) is 0 Å². The maximum Gasteiger partial charge on any atom is 0.251 e. The lowest BCUT2D eigenvalue weighted by Gasteiger charge is -2.24. The third-order valence-electron chi connectivity index (χ3n) is 3.14. The van der Waals surface area contributed by atoms with Crippen LogP contribution < -0.4 is 10.6 Å². The third kappa shape index (κ3) is 3.70. The van der Waals surface area contributed by atoms with Gasteiger partial charge in [-0.1, -0.05) is 22.0 Å². The van der Waals surface area contributed by atoms with Crippen molar-refractivity contribution < 1.29 is 4.79 Å². The van der Waals surface area contributed by atoms with Crippen molar-refractivity contribution in [2.24, 2.45) is 0 Å². The van der Waals surface area contributed by atoms with Crippen LogP contribution in [0, 0.1) is 6.92 Å². The Bertz CT molecular complexity index is 419. The second-order valence-corrected chi connectivity index (χ2v) is 5.28. The van der Waals surface area contributed by atoms with Crippen LogP contribution in [0.3, 0.4) is 0 Å². The summed E-state index contributed by atoms with van der Waals surface area (Å²) in [6.07, 6.45) is 2.19. The average molecular weight is 334 g/mol. The molecule has 1 aliphatic heterocycles. The second kappa shape index (κ2) is 7.12. The molecule has 0 aliphatic carbocycles. The highest BCUT2D eigenvalue weighted by atomic mass is 79.9. The molecule has 2 N–H and O–H groups in total. The van der Waals surface area contributed by atoms with Gasteiger partial charge in [0.2, 0.25) is 0 Å². The summed E-state index contributed by atoms with van der Waals surface area (Å²) in [4.78, 5) is 12.1. The molecule has 1 fully saturated rings. The van der Waals surface area contributed by atoms with Crippen LogP contribution in [-0.2, 0) is 0 Å². The summed E-state index contributed by atoms with van der Waals surface area (Å²) in [5.74, 6) is 0.0255. The molecule has 1 aliphatic rings. The van der Waals surface area contributed by atoms with Crippen molar-refractivity contribution in [3.05, 3.63) is 33.8 Å². The van der Waals surface area contributed by atoms with Gasteiger partial charge in [-0.2, -0.15) is 0 Å². The number of amides is 1. The fourth-order valence-corrected chi connectivity index (χ4v) is 2.46. The fraction of sp³-hybridized carbons (Fsp3) is 0.462. The summed E-state index contributed by atoms with van der Waals surface area (Å²) in [6, 6.07) is 5.97. The summed E-state index contributed by atoms with van der Waals surface area (Å²) in [7, 11) is 0. The minimum Gasteiger partial charge on any atom is -0.348 e. The van der Waals surface area contributed by atoms with Gasteiger partial charge in [-0.3, -0.25) is 4.79 Å². The Morgan fingerprint density at radius 1 is 1.50 bits per heavy atom. The van der Waals surface area contributed by atoms with E-state index in [-0.39, 0.29) is 24.4 Å². The topological polar surface area (TPSA) is 41.1 Å². The van der Waals surface area contributed by atoms with Crippen molar-refractivity contribution in [2.75, 3.05) is 13.1 Å². The van der Waals surface area contributed by atoms with Gasteiger partial charge in [-0.25, -0.2) is 0 Å². The molecule has 0 bridgehead atoms. The molecule has 1 aromatic carbocycles. The van der Waals surface area contributed by atoms with Crippen LogP contribution in [0.25, 0.3) is 0 Å². The van der Waals surface area contributed by atoms with Crippen LogP contribution in [0.4, 0.5) is 0 Å². The number of nitrogens with one attached hydrogen (secondary N) is 2. The SMILES string of the molecule is Cc1c(Br)cccc1C(=O)N[C@@H]1CCCNC1.Cl. The lowest BCUT2D eigenvalue weighted by Crippen LogP contribution is -2.45. The van der Waals surface area contributed by atoms with Crippen molar-refractivity contribution >= 4 is 34.2 Å². The standard InChI is InChI=1S/C13H17BrN2O.ClH/c1-9-11(5-2-6-12(9)14)13(17)16-10-4-3-7-15-8-10;/h2,5-6,10,15H,3-4,7-8H2,1H3,(H,16,17);1H/t10-;/m1./s1. The molecule has 1 saturated heterocycles. The molecule has 18 heavy (non-hydrogen) atoms. The molecule has 2 rings (SSSR count). The number of carbonyl (C=O) groups is 1. The number of carbonyl (C=O) groups excluding carboxylic acids is 1. The molecule has 0 spiro atoms. The Morgan fingerprint density at radius 2 is 2.28 bits per heavy atom. The highest BCUT2D eigenvalue weighted by molar-refractivity contribution is 9.10. The third-order valence-corrected chi connectivity index (χ3v) is 4.00. The first-order valence-electron chi connectivity index (χ1n) is 5.95. The first-order valence-corrected chi connectivity index (χ1v) is 6.74. The maximum absolute atomic E-state index is 12.1. The monoisotopic (exact) mass is 332 g/mol. The van der Waals surface area contributed by atoms with Gasteiger partial charge in [-0.05, 0) is 44.0 Å². The van der Waals surface area contributed by atoms with E-state index < -0.39 is 0 Å². The van der Waals surface area contributed by atoms with Gasteiger partial charge in [-0.15, -0.1) is 12.4 Å². The lowest BCUT2D eigenvalue weighted by atomic mass is 10.1. The van der Waals surface area contributed by atoms with E-state index in [0.717, 1.165) is 41.5 Å². The largest absolute Gasteiger partial charge is 0.348 e. The summed E-state index contributed by atoms with van der Waals surface area (Å²) in [5, 5.41) is 6.37. The minimum absolute atomic E-state index is 0. The zero-order valence-electron chi connectivity index (χ0n) is 10.3. The van der Waals surface area contributed by atoms with Gasteiger partial charge >= 0.3 is 0 Å². The van der Waals surface area contributed by atoms with Gasteiger partial charge in [0.1, 0.15) is 0 Å². The second-order valence-electron chi connectivity index (χ2n) is 4.43. The maximum atomic E-state index is 12.1. The fourth-order valence-electron chi connectivity index (χ4n) is 2.09. The van der Waals surface area contributed by atoms with Crippen molar-refractivity contribution in [1.29, 1.82) is 0 Å². The van der Waals surface area contributed by atoms with Gasteiger partial charge in [0.15, 0.2) is 0 Å². The Hall–Kier alpha value is -0.580. The van der Waals surface area contributed by atoms with Gasteiger partial charge < -0.3 is 10.6 Å². The van der Waals surface area contributed by atoms with E-state index in [1.807, 2.05) is 25.1 Å². The molecule has 100 valence electrons. The normalized spacial score (nSPS) is 18.9. The molecule has 0 radical (unpaired) electrons. The molecule has 1 heterocycles. The Labute approximate surface area is 122 Å². The van der Waals surface area contributed by atoms with Crippen molar-refractivity contribution in [1.82, 2.24) is 10.6 Å². The Kier molecular flexibility index (Phi) is 6.12. The van der Waals surface area contributed by atoms with E-state index in [1.54, 1.807) is 0 Å². The molecular weight excluding hydrogens is 316 g/mol. The van der Waals surface area contributed by atoms with Gasteiger partial charge in [0.05, 0.1) is 0 Å². The number of rotatable bonds is 2. The van der Waals surface area contributed by atoms with Crippen LogP contribution >= 0.6 is 28.3 Å². The van der Waals surface area contributed by atoms with E-state index in [4.69, 9.17) is 0 Å². The zero-order chi connectivity index (χ0) is 12.3. The summed E-state index contributed by atoms with van der Waals surface area (Å²) in [5.41, 5.74) is 1.75. The van der Waals surface area contributed by atoms with E-state index in [2.05, 4.69) is 26.6 Å². The number of hydrogen-bond acceptors (Lipinski definition) is 2. The van der Waals surface area contributed by atoms with Crippen LogP contribution in [-0.4, -0.2) is 25.0 Å².